The van der Waals surface area contributed by atoms with Crippen LogP contribution in [0.15, 0.2) is 12.2 Å². The molecule has 0 heterocycles. The molecule has 0 radical (unpaired) electrons. The van der Waals surface area contributed by atoms with Gasteiger partial charge in [0.25, 0.3) is 0 Å². The minimum Gasteiger partial charge on any atom is -0.480 e. The molecule has 80 valence electrons. The Labute approximate surface area is 82.7 Å². The maximum Gasteiger partial charge on any atom is 0.334 e. The van der Waals surface area contributed by atoms with Crippen LogP contribution in [0.1, 0.15) is 20.8 Å². The molecule has 5 nitrogen and oxygen atoms in total. The van der Waals surface area contributed by atoms with Gasteiger partial charge in [0.1, 0.15) is 0 Å². The fraction of sp³-hybridized carbons (Fsp3) is 0.556. The number of rotatable bonds is 5. The lowest BCUT2D eigenvalue weighted by atomic mass is 10.3. The molecule has 2 N–H and O–H groups in total. The van der Waals surface area contributed by atoms with Gasteiger partial charge >= 0.3 is 11.9 Å². The predicted molar refractivity (Wildman–Crippen MR) is 50.6 cm³/mol. The van der Waals surface area contributed by atoms with Crippen molar-refractivity contribution in [2.24, 2.45) is 0 Å². The SMILES string of the molecule is C=C(C)C(=O)OC(C)(C)NCC(=O)O. The molecule has 0 aromatic rings. The molecule has 14 heavy (non-hydrogen) atoms. The Bertz CT molecular complexity index is 258. The van der Waals surface area contributed by atoms with Crippen molar-refractivity contribution in [3.8, 4) is 0 Å². The number of esters is 1. The van der Waals surface area contributed by atoms with Crippen LogP contribution < -0.4 is 5.32 Å². The van der Waals surface area contributed by atoms with Crippen LogP contribution in [0.25, 0.3) is 0 Å². The van der Waals surface area contributed by atoms with E-state index < -0.39 is 17.7 Å². The fourth-order valence-electron chi connectivity index (χ4n) is 0.643. The Kier molecular flexibility index (Phi) is 4.30. The molecule has 0 rings (SSSR count). The molecule has 0 saturated carbocycles. The van der Waals surface area contributed by atoms with Gasteiger partial charge in [0, 0.05) is 5.57 Å². The summed E-state index contributed by atoms with van der Waals surface area (Å²) in [5.74, 6) is -1.56. The Morgan fingerprint density at radius 3 is 2.36 bits per heavy atom. The van der Waals surface area contributed by atoms with Crippen molar-refractivity contribution in [3.05, 3.63) is 12.2 Å². The van der Waals surface area contributed by atoms with E-state index >= 15 is 0 Å². The van der Waals surface area contributed by atoms with Gasteiger partial charge in [0.05, 0.1) is 6.54 Å². The van der Waals surface area contributed by atoms with E-state index in [1.807, 2.05) is 0 Å². The van der Waals surface area contributed by atoms with Crippen molar-refractivity contribution < 1.29 is 19.4 Å². The van der Waals surface area contributed by atoms with Crippen LogP contribution in [0.4, 0.5) is 0 Å². The number of hydrogen-bond acceptors (Lipinski definition) is 4. The van der Waals surface area contributed by atoms with Crippen LogP contribution in [-0.2, 0) is 14.3 Å². The summed E-state index contributed by atoms with van der Waals surface area (Å²) in [7, 11) is 0. The highest BCUT2D eigenvalue weighted by Gasteiger charge is 2.23. The monoisotopic (exact) mass is 201 g/mol. The third-order valence-corrected chi connectivity index (χ3v) is 1.36. The molecule has 0 aromatic carbocycles. The summed E-state index contributed by atoms with van der Waals surface area (Å²) < 4.78 is 4.94. The number of nitrogens with one attached hydrogen (secondary N) is 1. The Morgan fingerprint density at radius 1 is 1.50 bits per heavy atom. The lowest BCUT2D eigenvalue weighted by molar-refractivity contribution is -0.156. The van der Waals surface area contributed by atoms with E-state index in [0.717, 1.165) is 0 Å². The standard InChI is InChI=1S/C9H15NO4/c1-6(2)8(13)14-9(3,4)10-5-7(11)12/h10H,1,5H2,2-4H3,(H,11,12). The topological polar surface area (TPSA) is 75.6 Å². The largest absolute Gasteiger partial charge is 0.480 e. The number of carbonyl (C=O) groups excluding carboxylic acids is 1. The first-order chi connectivity index (χ1) is 6.24. The Morgan fingerprint density at radius 2 is 2.00 bits per heavy atom. The van der Waals surface area contributed by atoms with Crippen molar-refractivity contribution in [1.29, 1.82) is 0 Å². The highest BCUT2D eigenvalue weighted by Crippen LogP contribution is 2.07. The molecule has 0 aromatic heterocycles. The molecule has 0 unspecified atom stereocenters. The Balaban J connectivity index is 4.13. The summed E-state index contributed by atoms with van der Waals surface area (Å²) >= 11 is 0. The van der Waals surface area contributed by atoms with Gasteiger partial charge in [-0.15, -0.1) is 0 Å². The third kappa shape index (κ3) is 5.31. The minimum absolute atomic E-state index is 0.267. The molecular formula is C9H15NO4. The number of carbonyl (C=O) groups is 2. The fourth-order valence-corrected chi connectivity index (χ4v) is 0.643. The van der Waals surface area contributed by atoms with Crippen LogP contribution >= 0.6 is 0 Å². The van der Waals surface area contributed by atoms with E-state index in [0.29, 0.717) is 0 Å². The zero-order chi connectivity index (χ0) is 11.4. The van der Waals surface area contributed by atoms with Crippen molar-refractivity contribution in [2.75, 3.05) is 6.54 Å². The van der Waals surface area contributed by atoms with Crippen molar-refractivity contribution in [2.45, 2.75) is 26.5 Å². The van der Waals surface area contributed by atoms with Gasteiger partial charge in [-0.05, 0) is 20.8 Å². The van der Waals surface area contributed by atoms with Crippen LogP contribution in [0.5, 0.6) is 0 Å². The first-order valence-corrected chi connectivity index (χ1v) is 4.10. The second-order valence-corrected chi connectivity index (χ2v) is 3.43. The van der Waals surface area contributed by atoms with E-state index in [2.05, 4.69) is 11.9 Å². The first-order valence-electron chi connectivity index (χ1n) is 4.10. The summed E-state index contributed by atoms with van der Waals surface area (Å²) in [5, 5.41) is 11.0. The number of ether oxygens (including phenoxy) is 1. The van der Waals surface area contributed by atoms with Gasteiger partial charge in [-0.25, -0.2) is 4.79 Å². The molecule has 0 amide bonds. The van der Waals surface area contributed by atoms with Gasteiger partial charge in [-0.1, -0.05) is 6.58 Å². The molecule has 0 aliphatic heterocycles. The number of aliphatic carboxylic acids is 1. The van der Waals surface area contributed by atoms with Gasteiger partial charge < -0.3 is 9.84 Å². The van der Waals surface area contributed by atoms with E-state index in [-0.39, 0.29) is 12.1 Å². The summed E-state index contributed by atoms with van der Waals surface area (Å²) in [4.78, 5) is 21.3. The van der Waals surface area contributed by atoms with Crippen molar-refractivity contribution in [1.82, 2.24) is 5.32 Å². The van der Waals surface area contributed by atoms with E-state index in [9.17, 15) is 9.59 Å². The van der Waals surface area contributed by atoms with Crippen LogP contribution in [0.2, 0.25) is 0 Å². The highest BCUT2D eigenvalue weighted by molar-refractivity contribution is 5.87. The maximum absolute atomic E-state index is 11.1. The average Bonchev–Trinajstić information content (AvgIpc) is 2.00. The quantitative estimate of drug-likeness (QED) is 0.385. The lowest BCUT2D eigenvalue weighted by Gasteiger charge is -2.25. The molecule has 0 aliphatic carbocycles. The van der Waals surface area contributed by atoms with Crippen molar-refractivity contribution in [3.63, 3.8) is 0 Å². The highest BCUT2D eigenvalue weighted by atomic mass is 16.6. The molecule has 5 heteroatoms. The van der Waals surface area contributed by atoms with Crippen molar-refractivity contribution >= 4 is 11.9 Å². The summed E-state index contributed by atoms with van der Waals surface area (Å²) in [6.07, 6.45) is 0. The Hall–Kier alpha value is -1.36. The van der Waals surface area contributed by atoms with Gasteiger partial charge in [-0.3, -0.25) is 10.1 Å². The van der Waals surface area contributed by atoms with Gasteiger partial charge in [-0.2, -0.15) is 0 Å². The summed E-state index contributed by atoms with van der Waals surface area (Å²) in [6.45, 7) is 7.80. The minimum atomic E-state index is -1.01. The smallest absolute Gasteiger partial charge is 0.334 e. The normalized spacial score (nSPS) is 10.8. The molecule has 0 spiro atoms. The third-order valence-electron chi connectivity index (χ3n) is 1.36. The number of carboxylic acids is 1. The molecule has 0 bridgehead atoms. The molecule has 0 fully saturated rings. The predicted octanol–water partition coefficient (Wildman–Crippen LogP) is 0.516. The van der Waals surface area contributed by atoms with Crippen LogP contribution in [0, 0.1) is 0 Å². The van der Waals surface area contributed by atoms with E-state index in [1.165, 1.54) is 6.92 Å². The number of hydrogen-bond donors (Lipinski definition) is 2. The average molecular weight is 201 g/mol. The second kappa shape index (κ2) is 4.76. The van der Waals surface area contributed by atoms with Crippen LogP contribution in [-0.4, -0.2) is 29.3 Å². The molecular weight excluding hydrogens is 186 g/mol. The number of carboxylic acid groups (broad SMARTS) is 1. The van der Waals surface area contributed by atoms with Crippen LogP contribution in [0.3, 0.4) is 0 Å². The maximum atomic E-state index is 11.1. The molecule has 0 atom stereocenters. The summed E-state index contributed by atoms with van der Waals surface area (Å²) in [5.41, 5.74) is -0.732. The zero-order valence-electron chi connectivity index (χ0n) is 8.59. The lowest BCUT2D eigenvalue weighted by Crippen LogP contribution is -2.45. The molecule has 0 saturated heterocycles. The molecule has 0 aliphatic rings. The second-order valence-electron chi connectivity index (χ2n) is 3.43. The zero-order valence-corrected chi connectivity index (χ0v) is 8.59. The van der Waals surface area contributed by atoms with Gasteiger partial charge in [0.2, 0.25) is 0 Å². The van der Waals surface area contributed by atoms with E-state index in [4.69, 9.17) is 9.84 Å². The van der Waals surface area contributed by atoms with E-state index in [1.54, 1.807) is 13.8 Å². The first kappa shape index (κ1) is 12.6. The summed E-state index contributed by atoms with van der Waals surface area (Å²) in [6, 6.07) is 0. The van der Waals surface area contributed by atoms with Gasteiger partial charge in [0.15, 0.2) is 5.72 Å².